The molecule has 1 saturated heterocycles. The summed E-state index contributed by atoms with van der Waals surface area (Å²) in [6.07, 6.45) is 0.601. The minimum absolute atomic E-state index is 0.203. The molecular weight excluding hydrogens is 244 g/mol. The van der Waals surface area contributed by atoms with E-state index in [1.54, 1.807) is 0 Å². The molecule has 0 spiro atoms. The molecule has 6 nitrogen and oxygen atoms in total. The third-order valence-electron chi connectivity index (χ3n) is 3.74. The van der Waals surface area contributed by atoms with Gasteiger partial charge in [0.25, 0.3) is 0 Å². The maximum absolute atomic E-state index is 12.0. The van der Waals surface area contributed by atoms with Crippen LogP contribution in [0.5, 0.6) is 0 Å². The number of rotatable bonds is 4. The number of nitrogens with two attached hydrogens (primary N) is 1. The van der Waals surface area contributed by atoms with Crippen molar-refractivity contribution in [1.29, 1.82) is 0 Å². The van der Waals surface area contributed by atoms with Crippen molar-refractivity contribution in [3.05, 3.63) is 0 Å². The number of amidine groups is 1. The van der Waals surface area contributed by atoms with Crippen molar-refractivity contribution in [2.45, 2.75) is 39.7 Å². The number of carbonyl (C=O) groups is 1. The van der Waals surface area contributed by atoms with Crippen molar-refractivity contribution in [2.24, 2.45) is 16.8 Å². The molecule has 1 rings (SSSR count). The Bertz CT molecular complexity index is 345. The first-order chi connectivity index (χ1) is 8.78. The van der Waals surface area contributed by atoms with Crippen LogP contribution in [0.3, 0.4) is 0 Å². The molecule has 0 aliphatic carbocycles. The zero-order chi connectivity index (χ0) is 14.6. The Balaban J connectivity index is 2.56. The van der Waals surface area contributed by atoms with Gasteiger partial charge in [-0.1, -0.05) is 19.0 Å². The van der Waals surface area contributed by atoms with Crippen molar-refractivity contribution < 1.29 is 10.0 Å². The summed E-state index contributed by atoms with van der Waals surface area (Å²) in [7, 11) is 0. The Morgan fingerprint density at radius 3 is 2.26 bits per heavy atom. The third-order valence-corrected chi connectivity index (χ3v) is 3.74. The molecule has 0 atom stereocenters. The van der Waals surface area contributed by atoms with Crippen LogP contribution < -0.4 is 5.73 Å². The second-order valence-electron chi connectivity index (χ2n) is 6.01. The molecule has 0 bridgehead atoms. The summed E-state index contributed by atoms with van der Waals surface area (Å²) in [6, 6.07) is 0. The number of hydrogen-bond acceptors (Lipinski definition) is 4. The molecule has 6 heteroatoms. The Morgan fingerprint density at radius 1 is 1.32 bits per heavy atom. The summed E-state index contributed by atoms with van der Waals surface area (Å²) in [5.41, 5.74) is 5.24. The van der Waals surface area contributed by atoms with Crippen LogP contribution in [0, 0.1) is 5.92 Å². The van der Waals surface area contributed by atoms with Crippen molar-refractivity contribution >= 4 is 11.7 Å². The lowest BCUT2D eigenvalue weighted by Crippen LogP contribution is -2.60. The van der Waals surface area contributed by atoms with Crippen LogP contribution in [0.2, 0.25) is 0 Å². The summed E-state index contributed by atoms with van der Waals surface area (Å²) in [5.74, 6) is 0.810. The molecule has 1 fully saturated rings. The lowest BCUT2D eigenvalue weighted by Gasteiger charge is -2.43. The largest absolute Gasteiger partial charge is 0.409 e. The number of nitrogens with zero attached hydrogens (tertiary/aromatic N) is 3. The van der Waals surface area contributed by atoms with E-state index in [1.807, 2.05) is 18.7 Å². The van der Waals surface area contributed by atoms with E-state index in [0.717, 1.165) is 13.1 Å². The molecule has 1 amide bonds. The molecule has 0 unspecified atom stereocenters. The van der Waals surface area contributed by atoms with Gasteiger partial charge in [0.05, 0.1) is 5.54 Å². The van der Waals surface area contributed by atoms with Gasteiger partial charge in [-0.25, -0.2) is 0 Å². The normalized spacial score (nSPS) is 19.0. The van der Waals surface area contributed by atoms with Gasteiger partial charge in [-0.3, -0.25) is 9.69 Å². The summed E-state index contributed by atoms with van der Waals surface area (Å²) >= 11 is 0. The second-order valence-corrected chi connectivity index (χ2v) is 6.01. The fourth-order valence-corrected chi connectivity index (χ4v) is 2.28. The Morgan fingerprint density at radius 2 is 1.84 bits per heavy atom. The predicted molar refractivity (Wildman–Crippen MR) is 75.1 cm³/mol. The highest BCUT2D eigenvalue weighted by atomic mass is 16.4. The Labute approximate surface area is 115 Å². The Kier molecular flexibility index (Phi) is 5.17. The van der Waals surface area contributed by atoms with Gasteiger partial charge in [0, 0.05) is 32.6 Å². The van der Waals surface area contributed by atoms with Crippen molar-refractivity contribution in [3.63, 3.8) is 0 Å². The molecule has 1 aliphatic rings. The average Bonchev–Trinajstić information content (AvgIpc) is 2.37. The van der Waals surface area contributed by atoms with Crippen LogP contribution in [0.4, 0.5) is 0 Å². The van der Waals surface area contributed by atoms with E-state index in [0.29, 0.717) is 25.4 Å². The molecule has 1 aliphatic heterocycles. The maximum atomic E-state index is 12.0. The number of amides is 1. The number of oxime groups is 1. The van der Waals surface area contributed by atoms with Crippen LogP contribution in [0.25, 0.3) is 0 Å². The SMILES string of the molecule is CC(C)CC(=O)N1CCN(C(C)(C)C(N)=NO)CC1. The van der Waals surface area contributed by atoms with E-state index >= 15 is 0 Å². The smallest absolute Gasteiger partial charge is 0.222 e. The van der Waals surface area contributed by atoms with Crippen molar-refractivity contribution in [1.82, 2.24) is 9.80 Å². The first-order valence-electron chi connectivity index (χ1n) is 6.80. The van der Waals surface area contributed by atoms with E-state index in [2.05, 4.69) is 23.9 Å². The highest BCUT2D eigenvalue weighted by Crippen LogP contribution is 2.18. The quantitative estimate of drug-likeness (QED) is 0.341. The first-order valence-corrected chi connectivity index (χ1v) is 6.80. The molecule has 1 heterocycles. The van der Waals surface area contributed by atoms with E-state index in [9.17, 15) is 4.79 Å². The molecule has 3 N–H and O–H groups in total. The number of hydrogen-bond donors (Lipinski definition) is 2. The summed E-state index contributed by atoms with van der Waals surface area (Å²) in [5, 5.41) is 11.9. The third kappa shape index (κ3) is 3.83. The zero-order valence-electron chi connectivity index (χ0n) is 12.4. The van der Waals surface area contributed by atoms with Crippen LogP contribution in [0.15, 0.2) is 5.16 Å². The van der Waals surface area contributed by atoms with Gasteiger partial charge >= 0.3 is 0 Å². The average molecular weight is 270 g/mol. The molecule has 110 valence electrons. The molecule has 0 aromatic carbocycles. The van der Waals surface area contributed by atoms with Gasteiger partial charge in [0.1, 0.15) is 0 Å². The van der Waals surface area contributed by atoms with Gasteiger partial charge in [-0.2, -0.15) is 0 Å². The van der Waals surface area contributed by atoms with Gasteiger partial charge in [-0.05, 0) is 19.8 Å². The van der Waals surface area contributed by atoms with Crippen LogP contribution in [-0.2, 0) is 4.79 Å². The summed E-state index contributed by atoms with van der Waals surface area (Å²) in [6.45, 7) is 10.8. The number of piperazine rings is 1. The van der Waals surface area contributed by atoms with E-state index in [4.69, 9.17) is 10.9 Å². The molecule has 0 saturated carbocycles. The minimum atomic E-state index is -0.484. The Hall–Kier alpha value is -1.30. The fourth-order valence-electron chi connectivity index (χ4n) is 2.28. The highest BCUT2D eigenvalue weighted by molar-refractivity contribution is 5.88. The highest BCUT2D eigenvalue weighted by Gasteiger charge is 2.34. The molecule has 0 aromatic heterocycles. The minimum Gasteiger partial charge on any atom is -0.409 e. The fraction of sp³-hybridized carbons (Fsp3) is 0.846. The second kappa shape index (κ2) is 6.23. The first kappa shape index (κ1) is 15.8. The maximum Gasteiger partial charge on any atom is 0.222 e. The molecule has 0 aromatic rings. The van der Waals surface area contributed by atoms with Crippen LogP contribution >= 0.6 is 0 Å². The van der Waals surface area contributed by atoms with Crippen LogP contribution in [-0.4, -0.2) is 58.5 Å². The van der Waals surface area contributed by atoms with E-state index < -0.39 is 5.54 Å². The lowest BCUT2D eigenvalue weighted by molar-refractivity contribution is -0.134. The van der Waals surface area contributed by atoms with E-state index in [1.165, 1.54) is 0 Å². The van der Waals surface area contributed by atoms with Gasteiger partial charge < -0.3 is 15.8 Å². The predicted octanol–water partition coefficient (Wildman–Crippen LogP) is 0.702. The van der Waals surface area contributed by atoms with E-state index in [-0.39, 0.29) is 11.7 Å². The summed E-state index contributed by atoms with van der Waals surface area (Å²) in [4.78, 5) is 16.0. The summed E-state index contributed by atoms with van der Waals surface area (Å²) < 4.78 is 0. The van der Waals surface area contributed by atoms with Gasteiger partial charge in [0.15, 0.2) is 5.84 Å². The zero-order valence-corrected chi connectivity index (χ0v) is 12.4. The number of carbonyl (C=O) groups excluding carboxylic acids is 1. The lowest BCUT2D eigenvalue weighted by atomic mass is 10.00. The van der Waals surface area contributed by atoms with Crippen molar-refractivity contribution in [2.75, 3.05) is 26.2 Å². The molecule has 19 heavy (non-hydrogen) atoms. The standard InChI is InChI=1S/C13H26N4O2/c1-10(2)9-11(18)16-5-7-17(8-6-16)13(3,4)12(14)15-19/h10,19H,5-9H2,1-4H3,(H2,14,15). The van der Waals surface area contributed by atoms with Gasteiger partial charge in [0.2, 0.25) is 5.91 Å². The van der Waals surface area contributed by atoms with Crippen LogP contribution in [0.1, 0.15) is 34.1 Å². The monoisotopic (exact) mass is 270 g/mol. The van der Waals surface area contributed by atoms with Gasteiger partial charge in [-0.15, -0.1) is 0 Å². The topological polar surface area (TPSA) is 82.2 Å². The molecular formula is C13H26N4O2. The van der Waals surface area contributed by atoms with Crippen molar-refractivity contribution in [3.8, 4) is 0 Å². The molecule has 0 radical (unpaired) electrons.